The Kier molecular flexibility index (Phi) is 3.88. The Balaban J connectivity index is 2.32. The van der Waals surface area contributed by atoms with Crippen LogP contribution >= 0.6 is 0 Å². The monoisotopic (exact) mass is 295 g/mol. The molecule has 0 fully saturated rings. The summed E-state index contributed by atoms with van der Waals surface area (Å²) in [5, 5.41) is 0.989. The minimum atomic E-state index is -3.14. The summed E-state index contributed by atoms with van der Waals surface area (Å²) in [6, 6.07) is 3.82. The average Bonchev–Trinajstić information content (AvgIpc) is 2.73. The topological polar surface area (TPSA) is 78.0 Å². The Morgan fingerprint density at radius 3 is 2.65 bits per heavy atom. The summed E-state index contributed by atoms with van der Waals surface area (Å²) in [7, 11) is -3.14. The van der Waals surface area contributed by atoms with Crippen molar-refractivity contribution in [3.05, 3.63) is 30.1 Å². The summed E-state index contributed by atoms with van der Waals surface area (Å²) in [5.41, 5.74) is 7.50. The fraction of sp³-hybridized carbons (Fsp3) is 0.500. The summed E-state index contributed by atoms with van der Waals surface area (Å²) in [6.45, 7) is 5.98. The fourth-order valence-corrected chi connectivity index (χ4v) is 3.10. The molecule has 6 heteroatoms. The number of aryl methyl sites for hydroxylation is 1. The molecule has 0 amide bonds. The number of hydrogen-bond acceptors (Lipinski definition) is 4. The molecular formula is C14H21N3O2S. The number of pyridine rings is 1. The molecular weight excluding hydrogens is 274 g/mol. The van der Waals surface area contributed by atoms with E-state index in [1.54, 1.807) is 27.0 Å². The van der Waals surface area contributed by atoms with Crippen molar-refractivity contribution in [2.24, 2.45) is 5.73 Å². The molecule has 0 aliphatic carbocycles. The molecule has 0 aromatic carbocycles. The van der Waals surface area contributed by atoms with E-state index in [4.69, 9.17) is 5.73 Å². The summed E-state index contributed by atoms with van der Waals surface area (Å²) in [4.78, 5) is 4.33. The smallest absolute Gasteiger partial charge is 0.156 e. The molecule has 0 bridgehead atoms. The van der Waals surface area contributed by atoms with Crippen LogP contribution in [0, 0.1) is 0 Å². The van der Waals surface area contributed by atoms with Gasteiger partial charge in [0.2, 0.25) is 0 Å². The maximum absolute atomic E-state index is 12.2. The molecule has 2 N–H and O–H groups in total. The van der Waals surface area contributed by atoms with Crippen molar-refractivity contribution in [2.45, 2.75) is 38.6 Å². The molecule has 0 saturated heterocycles. The highest BCUT2D eigenvalue weighted by Gasteiger charge is 2.28. The molecule has 0 atom stereocenters. The highest BCUT2D eigenvalue weighted by molar-refractivity contribution is 7.92. The number of fused-ring (bicyclic) bond motifs is 1. The number of nitrogens with zero attached hydrogens (tertiary/aromatic N) is 2. The van der Waals surface area contributed by atoms with Gasteiger partial charge in [-0.05, 0) is 38.5 Å². The molecule has 0 saturated carbocycles. The van der Waals surface area contributed by atoms with Gasteiger partial charge in [0.25, 0.3) is 0 Å². The van der Waals surface area contributed by atoms with Crippen LogP contribution in [0.25, 0.3) is 11.0 Å². The van der Waals surface area contributed by atoms with E-state index in [0.717, 1.165) is 16.6 Å². The molecule has 0 aliphatic rings. The highest BCUT2D eigenvalue weighted by atomic mass is 32.2. The zero-order valence-electron chi connectivity index (χ0n) is 12.1. The normalized spacial score (nSPS) is 13.0. The van der Waals surface area contributed by atoms with Crippen LogP contribution in [0.4, 0.5) is 0 Å². The van der Waals surface area contributed by atoms with E-state index in [1.165, 1.54) is 0 Å². The lowest BCUT2D eigenvalue weighted by molar-refractivity contribution is 0.554. The minimum Gasteiger partial charge on any atom is -0.331 e. The van der Waals surface area contributed by atoms with Gasteiger partial charge in [-0.1, -0.05) is 0 Å². The third-order valence-electron chi connectivity index (χ3n) is 3.47. The molecule has 2 aromatic heterocycles. The average molecular weight is 295 g/mol. The van der Waals surface area contributed by atoms with Crippen molar-refractivity contribution in [2.75, 3.05) is 5.75 Å². The third-order valence-corrected chi connectivity index (χ3v) is 6.06. The quantitative estimate of drug-likeness (QED) is 0.931. The van der Waals surface area contributed by atoms with Gasteiger partial charge in [-0.15, -0.1) is 0 Å². The van der Waals surface area contributed by atoms with Crippen molar-refractivity contribution in [1.29, 1.82) is 0 Å². The summed E-state index contributed by atoms with van der Waals surface area (Å²) >= 11 is 0. The number of hydrogen-bond donors (Lipinski definition) is 1. The van der Waals surface area contributed by atoms with Crippen molar-refractivity contribution >= 4 is 20.9 Å². The van der Waals surface area contributed by atoms with E-state index >= 15 is 0 Å². The maximum Gasteiger partial charge on any atom is 0.156 e. The first-order valence-corrected chi connectivity index (χ1v) is 8.26. The van der Waals surface area contributed by atoms with Crippen LogP contribution in [0.2, 0.25) is 0 Å². The Hall–Kier alpha value is -1.40. The lowest BCUT2D eigenvalue weighted by atomic mass is 10.2. The van der Waals surface area contributed by atoms with Crippen LogP contribution in [-0.2, 0) is 22.9 Å². The lowest BCUT2D eigenvalue weighted by Crippen LogP contribution is -2.31. The molecule has 0 unspecified atom stereocenters. The second kappa shape index (κ2) is 5.18. The van der Waals surface area contributed by atoms with Gasteiger partial charge in [0.1, 0.15) is 5.65 Å². The van der Waals surface area contributed by atoms with Gasteiger partial charge in [0.05, 0.1) is 10.5 Å². The van der Waals surface area contributed by atoms with Gasteiger partial charge < -0.3 is 10.3 Å². The first-order chi connectivity index (χ1) is 9.26. The van der Waals surface area contributed by atoms with E-state index in [-0.39, 0.29) is 5.75 Å². The van der Waals surface area contributed by atoms with Crippen LogP contribution < -0.4 is 5.73 Å². The van der Waals surface area contributed by atoms with E-state index in [2.05, 4.69) is 4.98 Å². The van der Waals surface area contributed by atoms with Crippen LogP contribution in [0.15, 0.2) is 24.5 Å². The van der Waals surface area contributed by atoms with Crippen molar-refractivity contribution in [3.63, 3.8) is 0 Å². The highest BCUT2D eigenvalue weighted by Crippen LogP contribution is 2.21. The maximum atomic E-state index is 12.2. The fourth-order valence-electron chi connectivity index (χ4n) is 2.05. The number of nitrogens with two attached hydrogens (primary N) is 1. The standard InChI is InChI=1S/C14H21N3O2S/c1-14(2,3)20(18,19)8-7-17-10-11(9-15)12-5-4-6-16-13(12)17/h4-6,10H,7-9,15H2,1-3H3. The van der Waals surface area contributed by atoms with E-state index in [1.807, 2.05) is 22.9 Å². The summed E-state index contributed by atoms with van der Waals surface area (Å²) < 4.78 is 25.5. The minimum absolute atomic E-state index is 0.0981. The van der Waals surface area contributed by atoms with Gasteiger partial charge in [0, 0.05) is 30.9 Å². The summed E-state index contributed by atoms with van der Waals surface area (Å²) in [5.74, 6) is 0.0981. The van der Waals surface area contributed by atoms with E-state index < -0.39 is 14.6 Å². The first-order valence-electron chi connectivity index (χ1n) is 6.61. The van der Waals surface area contributed by atoms with Gasteiger partial charge in [-0.3, -0.25) is 0 Å². The van der Waals surface area contributed by atoms with Crippen LogP contribution in [0.3, 0.4) is 0 Å². The lowest BCUT2D eigenvalue weighted by Gasteiger charge is -2.19. The van der Waals surface area contributed by atoms with Crippen molar-refractivity contribution in [3.8, 4) is 0 Å². The number of sulfone groups is 1. The number of aromatic nitrogens is 2. The Bertz CT molecular complexity index is 712. The predicted molar refractivity (Wildman–Crippen MR) is 81.2 cm³/mol. The van der Waals surface area contributed by atoms with Crippen LogP contribution in [0.1, 0.15) is 26.3 Å². The molecule has 110 valence electrons. The second-order valence-electron chi connectivity index (χ2n) is 5.86. The zero-order valence-corrected chi connectivity index (χ0v) is 12.9. The number of rotatable bonds is 4. The molecule has 20 heavy (non-hydrogen) atoms. The molecule has 2 heterocycles. The SMILES string of the molecule is CC(C)(C)S(=O)(=O)CCn1cc(CN)c2cccnc21. The Morgan fingerprint density at radius 2 is 2.05 bits per heavy atom. The Morgan fingerprint density at radius 1 is 1.35 bits per heavy atom. The van der Waals surface area contributed by atoms with Crippen molar-refractivity contribution < 1.29 is 8.42 Å². The molecule has 5 nitrogen and oxygen atoms in total. The zero-order chi connectivity index (χ0) is 15.0. The molecule has 0 radical (unpaired) electrons. The van der Waals surface area contributed by atoms with Crippen molar-refractivity contribution in [1.82, 2.24) is 9.55 Å². The molecule has 0 spiro atoms. The van der Waals surface area contributed by atoms with Gasteiger partial charge in [0.15, 0.2) is 9.84 Å². The van der Waals surface area contributed by atoms with Crippen LogP contribution in [-0.4, -0.2) is 28.5 Å². The first kappa shape index (κ1) is 15.0. The van der Waals surface area contributed by atoms with E-state index in [0.29, 0.717) is 13.1 Å². The van der Waals surface area contributed by atoms with Crippen LogP contribution in [0.5, 0.6) is 0 Å². The molecule has 0 aliphatic heterocycles. The molecule has 2 aromatic rings. The summed E-state index contributed by atoms with van der Waals surface area (Å²) in [6.07, 6.45) is 3.60. The third kappa shape index (κ3) is 2.71. The second-order valence-corrected chi connectivity index (χ2v) is 8.72. The Labute approximate surface area is 119 Å². The predicted octanol–water partition coefficient (Wildman–Crippen LogP) is 1.71. The van der Waals surface area contributed by atoms with Gasteiger partial charge in [-0.25, -0.2) is 13.4 Å². The largest absolute Gasteiger partial charge is 0.331 e. The van der Waals surface area contributed by atoms with Gasteiger partial charge in [-0.2, -0.15) is 0 Å². The van der Waals surface area contributed by atoms with E-state index in [9.17, 15) is 8.42 Å². The molecule has 2 rings (SSSR count). The van der Waals surface area contributed by atoms with Gasteiger partial charge >= 0.3 is 0 Å².